The lowest BCUT2D eigenvalue weighted by molar-refractivity contribution is 0.483. The summed E-state index contributed by atoms with van der Waals surface area (Å²) in [5.41, 5.74) is 1.83. The zero-order valence-corrected chi connectivity index (χ0v) is 9.98. The molecule has 0 atom stereocenters. The van der Waals surface area contributed by atoms with Gasteiger partial charge in [0.05, 0.1) is 5.69 Å². The van der Waals surface area contributed by atoms with E-state index >= 15 is 0 Å². The van der Waals surface area contributed by atoms with Crippen molar-refractivity contribution in [1.29, 1.82) is 0 Å². The molecule has 0 aliphatic rings. The van der Waals surface area contributed by atoms with Gasteiger partial charge in [0.2, 0.25) is 0 Å². The Bertz CT molecular complexity index is 636. The van der Waals surface area contributed by atoms with Gasteiger partial charge in [-0.3, -0.25) is 9.54 Å². The van der Waals surface area contributed by atoms with Crippen LogP contribution in [0.2, 0.25) is 0 Å². The molecule has 0 amide bonds. The molecule has 0 saturated carbocycles. The third kappa shape index (κ3) is 2.51. The topological polar surface area (TPSA) is 67.3 Å². The Kier molecular flexibility index (Phi) is 2.95. The van der Waals surface area contributed by atoms with Crippen molar-refractivity contribution < 1.29 is 13.0 Å². The van der Waals surface area contributed by atoms with E-state index < -0.39 is 10.1 Å². The molecule has 1 N–H and O–H groups in total. The number of hydrogen-bond donors (Lipinski definition) is 1. The Morgan fingerprint density at radius 2 is 1.94 bits per heavy atom. The highest BCUT2D eigenvalue weighted by molar-refractivity contribution is 7.86. The van der Waals surface area contributed by atoms with Gasteiger partial charge in [0.25, 0.3) is 10.1 Å². The fourth-order valence-electron chi connectivity index (χ4n) is 1.59. The first-order chi connectivity index (χ1) is 7.98. The van der Waals surface area contributed by atoms with Gasteiger partial charge in [-0.05, 0) is 31.2 Å². The molecule has 4 nitrogen and oxygen atoms in total. The SMILES string of the molecule is Cc1ccc(S(=O)(=O)O)c(-c2ccccn2)c1. The summed E-state index contributed by atoms with van der Waals surface area (Å²) in [6, 6.07) is 9.91. The summed E-state index contributed by atoms with van der Waals surface area (Å²) in [6.07, 6.45) is 1.57. The van der Waals surface area contributed by atoms with Crippen molar-refractivity contribution in [3.8, 4) is 11.3 Å². The second-order valence-corrected chi connectivity index (χ2v) is 5.08. The zero-order valence-electron chi connectivity index (χ0n) is 9.16. The number of pyridine rings is 1. The molecule has 0 saturated heterocycles. The van der Waals surface area contributed by atoms with Crippen LogP contribution in [0.25, 0.3) is 11.3 Å². The molecular weight excluding hydrogens is 238 g/mol. The number of aromatic nitrogens is 1. The van der Waals surface area contributed by atoms with Crippen LogP contribution in [-0.2, 0) is 10.1 Å². The molecule has 1 aromatic carbocycles. The fourth-order valence-corrected chi connectivity index (χ4v) is 2.27. The van der Waals surface area contributed by atoms with E-state index in [0.29, 0.717) is 11.3 Å². The smallest absolute Gasteiger partial charge is 0.282 e. The van der Waals surface area contributed by atoms with Crippen LogP contribution in [0.4, 0.5) is 0 Å². The lowest BCUT2D eigenvalue weighted by atomic mass is 10.1. The van der Waals surface area contributed by atoms with Crippen LogP contribution in [0.5, 0.6) is 0 Å². The minimum atomic E-state index is -4.24. The molecule has 1 heterocycles. The van der Waals surface area contributed by atoms with E-state index in [0.717, 1.165) is 5.56 Å². The summed E-state index contributed by atoms with van der Waals surface area (Å²) in [5, 5.41) is 0. The molecule has 0 radical (unpaired) electrons. The zero-order chi connectivity index (χ0) is 12.5. The first kappa shape index (κ1) is 11.8. The average molecular weight is 249 g/mol. The number of benzene rings is 1. The maximum absolute atomic E-state index is 11.3. The standard InChI is InChI=1S/C12H11NO3S/c1-9-5-6-12(17(14,15)16)10(8-9)11-4-2-3-7-13-11/h2-8H,1H3,(H,14,15,16). The van der Waals surface area contributed by atoms with E-state index in [1.165, 1.54) is 6.07 Å². The van der Waals surface area contributed by atoms with E-state index in [4.69, 9.17) is 4.55 Å². The third-order valence-electron chi connectivity index (χ3n) is 2.35. The van der Waals surface area contributed by atoms with Gasteiger partial charge in [-0.1, -0.05) is 17.7 Å². The monoisotopic (exact) mass is 249 g/mol. The molecule has 0 bridgehead atoms. The highest BCUT2D eigenvalue weighted by Crippen LogP contribution is 2.26. The molecule has 17 heavy (non-hydrogen) atoms. The molecule has 0 fully saturated rings. The molecule has 2 aromatic rings. The molecule has 88 valence electrons. The Balaban J connectivity index is 2.72. The van der Waals surface area contributed by atoms with Gasteiger partial charge >= 0.3 is 0 Å². The van der Waals surface area contributed by atoms with Crippen molar-refractivity contribution >= 4 is 10.1 Å². The molecule has 2 rings (SSSR count). The van der Waals surface area contributed by atoms with Crippen LogP contribution in [0.3, 0.4) is 0 Å². The van der Waals surface area contributed by atoms with Gasteiger partial charge in [-0.25, -0.2) is 0 Å². The number of rotatable bonds is 2. The van der Waals surface area contributed by atoms with Crippen molar-refractivity contribution in [3.05, 3.63) is 48.2 Å². The van der Waals surface area contributed by atoms with E-state index in [-0.39, 0.29) is 4.90 Å². The van der Waals surface area contributed by atoms with Gasteiger partial charge in [0.1, 0.15) is 4.90 Å². The van der Waals surface area contributed by atoms with Gasteiger partial charge < -0.3 is 0 Å². The summed E-state index contributed by atoms with van der Waals surface area (Å²) in [5.74, 6) is 0. The number of hydrogen-bond acceptors (Lipinski definition) is 3. The van der Waals surface area contributed by atoms with Crippen LogP contribution >= 0.6 is 0 Å². The second-order valence-electron chi connectivity index (χ2n) is 3.69. The van der Waals surface area contributed by atoms with E-state index in [1.54, 1.807) is 36.5 Å². The molecular formula is C12H11NO3S. The minimum Gasteiger partial charge on any atom is -0.282 e. The summed E-state index contributed by atoms with van der Waals surface area (Å²) >= 11 is 0. The molecule has 5 heteroatoms. The van der Waals surface area contributed by atoms with Crippen molar-refractivity contribution in [3.63, 3.8) is 0 Å². The Labute approximate surface area is 99.7 Å². The third-order valence-corrected chi connectivity index (χ3v) is 3.27. The predicted molar refractivity (Wildman–Crippen MR) is 64.2 cm³/mol. The minimum absolute atomic E-state index is 0.123. The maximum Gasteiger partial charge on any atom is 0.295 e. The molecule has 0 spiro atoms. The van der Waals surface area contributed by atoms with E-state index in [1.807, 2.05) is 6.92 Å². The highest BCUT2D eigenvalue weighted by atomic mass is 32.2. The number of aryl methyl sites for hydroxylation is 1. The van der Waals surface area contributed by atoms with E-state index in [9.17, 15) is 8.42 Å². The van der Waals surface area contributed by atoms with Crippen molar-refractivity contribution in [2.24, 2.45) is 0 Å². The van der Waals surface area contributed by atoms with Crippen LogP contribution in [0.1, 0.15) is 5.56 Å². The quantitative estimate of drug-likeness (QED) is 0.829. The average Bonchev–Trinajstić information content (AvgIpc) is 2.28. The molecule has 0 aliphatic carbocycles. The maximum atomic E-state index is 11.3. The van der Waals surface area contributed by atoms with Crippen LogP contribution < -0.4 is 0 Å². The molecule has 1 aromatic heterocycles. The van der Waals surface area contributed by atoms with Gasteiger partial charge in [0, 0.05) is 11.8 Å². The summed E-state index contributed by atoms with van der Waals surface area (Å²) in [7, 11) is -4.24. The Hall–Kier alpha value is -1.72. The van der Waals surface area contributed by atoms with Crippen LogP contribution in [0, 0.1) is 6.92 Å². The Morgan fingerprint density at radius 3 is 2.53 bits per heavy atom. The van der Waals surface area contributed by atoms with Crippen LogP contribution in [-0.4, -0.2) is 18.0 Å². The van der Waals surface area contributed by atoms with Crippen molar-refractivity contribution in [2.45, 2.75) is 11.8 Å². The lowest BCUT2D eigenvalue weighted by Crippen LogP contribution is -2.01. The first-order valence-corrected chi connectivity index (χ1v) is 6.42. The lowest BCUT2D eigenvalue weighted by Gasteiger charge is -2.07. The van der Waals surface area contributed by atoms with Gasteiger partial charge in [-0.2, -0.15) is 8.42 Å². The van der Waals surface area contributed by atoms with Crippen molar-refractivity contribution in [2.75, 3.05) is 0 Å². The summed E-state index contributed by atoms with van der Waals surface area (Å²) in [4.78, 5) is 3.97. The summed E-state index contributed by atoms with van der Waals surface area (Å²) < 4.78 is 31.7. The summed E-state index contributed by atoms with van der Waals surface area (Å²) in [6.45, 7) is 1.85. The normalized spacial score (nSPS) is 11.4. The highest BCUT2D eigenvalue weighted by Gasteiger charge is 2.16. The van der Waals surface area contributed by atoms with Crippen molar-refractivity contribution in [1.82, 2.24) is 4.98 Å². The second kappa shape index (κ2) is 4.27. The first-order valence-electron chi connectivity index (χ1n) is 4.98. The Morgan fingerprint density at radius 1 is 1.18 bits per heavy atom. The number of nitrogens with zero attached hydrogens (tertiary/aromatic N) is 1. The van der Waals surface area contributed by atoms with Crippen LogP contribution in [0.15, 0.2) is 47.5 Å². The molecule has 0 unspecified atom stereocenters. The largest absolute Gasteiger partial charge is 0.295 e. The van der Waals surface area contributed by atoms with E-state index in [2.05, 4.69) is 4.98 Å². The predicted octanol–water partition coefficient (Wildman–Crippen LogP) is 2.30. The fraction of sp³-hybridized carbons (Fsp3) is 0.0833. The van der Waals surface area contributed by atoms with Gasteiger partial charge in [-0.15, -0.1) is 0 Å². The molecule has 0 aliphatic heterocycles. The van der Waals surface area contributed by atoms with Gasteiger partial charge in [0.15, 0.2) is 0 Å².